The largest absolute Gasteiger partial charge is 0.491 e. The summed E-state index contributed by atoms with van der Waals surface area (Å²) in [5.74, 6) is 1.64. The Morgan fingerprint density at radius 1 is 1.33 bits per heavy atom. The number of guanidine groups is 1. The third-order valence-electron chi connectivity index (χ3n) is 4.54. The second kappa shape index (κ2) is 11.2. The summed E-state index contributed by atoms with van der Waals surface area (Å²) in [5, 5.41) is 7.47. The van der Waals surface area contributed by atoms with Crippen LogP contribution in [0.5, 0.6) is 5.75 Å². The van der Waals surface area contributed by atoms with Crippen LogP contribution in [0.25, 0.3) is 0 Å². The Bertz CT molecular complexity index is 867. The lowest BCUT2D eigenvalue weighted by atomic mass is 10.2. The van der Waals surface area contributed by atoms with Crippen LogP contribution in [-0.4, -0.2) is 58.8 Å². The molecule has 8 nitrogen and oxygen atoms in total. The summed E-state index contributed by atoms with van der Waals surface area (Å²) in [6, 6.07) is 7.98. The Balaban J connectivity index is 0.00000320. The lowest BCUT2D eigenvalue weighted by Gasteiger charge is -2.35. The molecule has 0 saturated carbocycles. The number of piperazine rings is 1. The fraction of sp³-hybridized carbons (Fsp3) is 0.476. The van der Waals surface area contributed by atoms with E-state index in [-0.39, 0.29) is 42.5 Å². The molecule has 1 saturated heterocycles. The predicted octanol–water partition coefficient (Wildman–Crippen LogP) is 2.64. The summed E-state index contributed by atoms with van der Waals surface area (Å²) in [6.45, 7) is 8.92. The van der Waals surface area contributed by atoms with Crippen LogP contribution in [0.2, 0.25) is 0 Å². The first-order chi connectivity index (χ1) is 14.0. The van der Waals surface area contributed by atoms with Gasteiger partial charge in [-0.25, -0.2) is 4.99 Å². The van der Waals surface area contributed by atoms with Gasteiger partial charge in [0.15, 0.2) is 5.96 Å². The van der Waals surface area contributed by atoms with Gasteiger partial charge in [0.2, 0.25) is 5.91 Å². The number of anilines is 1. The maximum atomic E-state index is 12.7. The molecule has 0 bridgehead atoms. The third-order valence-corrected chi connectivity index (χ3v) is 4.54. The van der Waals surface area contributed by atoms with Gasteiger partial charge >= 0.3 is 0 Å². The van der Waals surface area contributed by atoms with E-state index in [9.17, 15) is 4.79 Å². The number of aromatic nitrogens is 2. The van der Waals surface area contributed by atoms with Crippen molar-refractivity contribution >= 4 is 41.5 Å². The third kappa shape index (κ3) is 6.35. The van der Waals surface area contributed by atoms with Crippen LogP contribution in [0, 0.1) is 0 Å². The number of nitrogens with one attached hydrogen (secondary N) is 1. The first-order valence-corrected chi connectivity index (χ1v) is 10.0. The number of rotatable bonds is 6. The number of hydrogen-bond donors (Lipinski definition) is 1. The summed E-state index contributed by atoms with van der Waals surface area (Å²) >= 11 is 0. The van der Waals surface area contributed by atoms with Gasteiger partial charge in [-0.3, -0.25) is 9.48 Å². The van der Waals surface area contributed by atoms with Crippen molar-refractivity contribution in [1.82, 2.24) is 20.0 Å². The Morgan fingerprint density at radius 2 is 2.13 bits per heavy atom. The van der Waals surface area contributed by atoms with Crippen LogP contribution in [0.15, 0.2) is 41.7 Å². The van der Waals surface area contributed by atoms with Crippen molar-refractivity contribution in [2.45, 2.75) is 33.4 Å². The highest BCUT2D eigenvalue weighted by Gasteiger charge is 2.27. The van der Waals surface area contributed by atoms with Gasteiger partial charge in [0.05, 0.1) is 24.5 Å². The van der Waals surface area contributed by atoms with Crippen molar-refractivity contribution < 1.29 is 9.53 Å². The maximum absolute atomic E-state index is 12.7. The van der Waals surface area contributed by atoms with E-state index < -0.39 is 0 Å². The topological polar surface area (TPSA) is 75.0 Å². The summed E-state index contributed by atoms with van der Waals surface area (Å²) in [6.07, 6.45) is 3.71. The SMILES string of the molecule is CCNC(=NCc1cccc(OC(C)C)c1)N1CCN(c2cnn(C)c2)C(=O)C1.I. The molecule has 0 radical (unpaired) electrons. The van der Waals surface area contributed by atoms with Gasteiger partial charge in [0.1, 0.15) is 12.3 Å². The minimum Gasteiger partial charge on any atom is -0.491 e. The lowest BCUT2D eigenvalue weighted by molar-refractivity contribution is -0.120. The van der Waals surface area contributed by atoms with Crippen LogP contribution in [0.4, 0.5) is 5.69 Å². The van der Waals surface area contributed by atoms with E-state index in [4.69, 9.17) is 9.73 Å². The molecule has 1 aliphatic rings. The summed E-state index contributed by atoms with van der Waals surface area (Å²) < 4.78 is 7.47. The van der Waals surface area contributed by atoms with Crippen LogP contribution >= 0.6 is 24.0 Å². The molecule has 1 N–H and O–H groups in total. The van der Waals surface area contributed by atoms with Crippen molar-refractivity contribution in [3.63, 3.8) is 0 Å². The average Bonchev–Trinajstić information content (AvgIpc) is 3.11. The first-order valence-electron chi connectivity index (χ1n) is 10.0. The molecule has 0 aliphatic carbocycles. The standard InChI is InChI=1S/C21H30N6O2.HI/c1-5-22-21(23-12-17-7-6-8-19(11-17)29-16(2)3)26-9-10-27(20(28)15-26)18-13-24-25(4)14-18;/h6-8,11,13-14,16H,5,9-10,12,15H2,1-4H3,(H,22,23);1H. The number of halogens is 1. The van der Waals surface area contributed by atoms with E-state index in [0.29, 0.717) is 19.6 Å². The fourth-order valence-electron chi connectivity index (χ4n) is 3.26. The van der Waals surface area contributed by atoms with E-state index in [1.807, 2.05) is 63.2 Å². The van der Waals surface area contributed by atoms with Gasteiger partial charge in [0.25, 0.3) is 0 Å². The van der Waals surface area contributed by atoms with E-state index in [1.54, 1.807) is 15.8 Å². The Hall–Kier alpha value is -2.30. The van der Waals surface area contributed by atoms with Gasteiger partial charge in [-0.1, -0.05) is 12.1 Å². The van der Waals surface area contributed by atoms with Gasteiger partial charge in [-0.05, 0) is 38.5 Å². The highest BCUT2D eigenvalue weighted by atomic mass is 127. The zero-order chi connectivity index (χ0) is 20.8. The Labute approximate surface area is 195 Å². The summed E-state index contributed by atoms with van der Waals surface area (Å²) in [5.41, 5.74) is 1.90. The van der Waals surface area contributed by atoms with E-state index in [0.717, 1.165) is 29.5 Å². The molecule has 9 heteroatoms. The number of benzene rings is 1. The Morgan fingerprint density at radius 3 is 2.77 bits per heavy atom. The van der Waals surface area contributed by atoms with Crippen molar-refractivity contribution in [3.05, 3.63) is 42.2 Å². The van der Waals surface area contributed by atoms with E-state index in [1.165, 1.54) is 0 Å². The smallest absolute Gasteiger partial charge is 0.246 e. The van der Waals surface area contributed by atoms with Gasteiger partial charge < -0.3 is 19.9 Å². The van der Waals surface area contributed by atoms with Crippen molar-refractivity contribution in [1.29, 1.82) is 0 Å². The van der Waals surface area contributed by atoms with Crippen molar-refractivity contribution in [3.8, 4) is 5.75 Å². The number of aryl methyl sites for hydroxylation is 1. The van der Waals surface area contributed by atoms with Crippen LogP contribution in [-0.2, 0) is 18.4 Å². The molecule has 3 rings (SSSR count). The number of amides is 1. The molecule has 1 aromatic carbocycles. The van der Waals surface area contributed by atoms with Crippen molar-refractivity contribution in [2.75, 3.05) is 31.1 Å². The highest BCUT2D eigenvalue weighted by molar-refractivity contribution is 14.0. The second-order valence-corrected chi connectivity index (χ2v) is 7.32. The molecule has 0 spiro atoms. The molecule has 2 aromatic rings. The average molecular weight is 526 g/mol. The molecule has 1 aromatic heterocycles. The first kappa shape index (κ1) is 24.0. The van der Waals surface area contributed by atoms with E-state index in [2.05, 4.69) is 10.4 Å². The normalized spacial score (nSPS) is 14.7. The zero-order valence-electron chi connectivity index (χ0n) is 18.0. The Kier molecular flexibility index (Phi) is 8.94. The number of carbonyl (C=O) groups excluding carboxylic acids is 1. The number of hydrogen-bond acceptors (Lipinski definition) is 4. The van der Waals surface area contributed by atoms with Crippen LogP contribution in [0.1, 0.15) is 26.3 Å². The molecule has 30 heavy (non-hydrogen) atoms. The summed E-state index contributed by atoms with van der Waals surface area (Å²) in [4.78, 5) is 21.2. The number of ether oxygens (including phenoxy) is 1. The molecule has 1 fully saturated rings. The molecule has 164 valence electrons. The molecule has 0 unspecified atom stereocenters. The zero-order valence-corrected chi connectivity index (χ0v) is 20.4. The number of nitrogens with zero attached hydrogens (tertiary/aromatic N) is 5. The molecule has 1 amide bonds. The van der Waals surface area contributed by atoms with Gasteiger partial charge in [0, 0.05) is 32.9 Å². The van der Waals surface area contributed by atoms with Gasteiger partial charge in [-0.15, -0.1) is 24.0 Å². The molecule has 1 aliphatic heterocycles. The lowest BCUT2D eigenvalue weighted by Crippen LogP contribution is -2.55. The minimum atomic E-state index is 0. The predicted molar refractivity (Wildman–Crippen MR) is 130 cm³/mol. The summed E-state index contributed by atoms with van der Waals surface area (Å²) in [7, 11) is 1.85. The van der Waals surface area contributed by atoms with Crippen LogP contribution < -0.4 is 15.0 Å². The fourth-order valence-corrected chi connectivity index (χ4v) is 3.26. The number of aliphatic imine (C=N–C) groups is 1. The number of carbonyl (C=O) groups is 1. The van der Waals surface area contributed by atoms with Gasteiger partial charge in [-0.2, -0.15) is 5.10 Å². The highest BCUT2D eigenvalue weighted by Crippen LogP contribution is 2.17. The molecule has 2 heterocycles. The minimum absolute atomic E-state index is 0. The van der Waals surface area contributed by atoms with E-state index >= 15 is 0 Å². The van der Waals surface area contributed by atoms with Crippen LogP contribution in [0.3, 0.4) is 0 Å². The molecule has 0 atom stereocenters. The molecular formula is C21H31IN6O2. The molecular weight excluding hydrogens is 495 g/mol. The second-order valence-electron chi connectivity index (χ2n) is 7.32. The van der Waals surface area contributed by atoms with Crippen molar-refractivity contribution in [2.24, 2.45) is 12.0 Å². The quantitative estimate of drug-likeness (QED) is 0.356. The maximum Gasteiger partial charge on any atom is 0.246 e. The monoisotopic (exact) mass is 526 g/mol.